The van der Waals surface area contributed by atoms with Gasteiger partial charge in [0.1, 0.15) is 9.79 Å². The van der Waals surface area contributed by atoms with Gasteiger partial charge in [-0.1, -0.05) is 97.1 Å². The molecule has 0 aliphatic carbocycles. The van der Waals surface area contributed by atoms with Crippen molar-refractivity contribution in [3.63, 3.8) is 0 Å². The number of benzene rings is 6. The molecule has 0 bridgehead atoms. The minimum absolute atomic E-state index is 0.0888. The third-order valence-electron chi connectivity index (χ3n) is 7.25. The summed E-state index contributed by atoms with van der Waals surface area (Å²) in [5, 5.41) is 2.34. The predicted octanol–water partition coefficient (Wildman–Crippen LogP) is 7.97. The quantitative estimate of drug-likeness (QED) is 0.149. The summed E-state index contributed by atoms with van der Waals surface area (Å²) in [5.74, 6) is 0. The lowest BCUT2D eigenvalue weighted by Gasteiger charge is -2.19. The first-order valence-electron chi connectivity index (χ1n) is 13.3. The Balaban J connectivity index is 1.73. The Labute approximate surface area is 244 Å². The molecular weight excluding hydrogens is 569 g/mol. The molecule has 6 nitrogen and oxygen atoms in total. The number of hydrogen-bond acceptors (Lipinski definition) is 5. The third kappa shape index (κ3) is 5.10. The van der Waals surface area contributed by atoms with Crippen molar-refractivity contribution < 1.29 is 25.6 Å². The first kappa shape index (κ1) is 27.8. The molecule has 0 radical (unpaired) electrons. The summed E-state index contributed by atoms with van der Waals surface area (Å²) in [7, 11) is -9.07. The molecule has 0 spiro atoms. The fourth-order valence-corrected chi connectivity index (χ4v) is 7.24. The van der Waals surface area contributed by atoms with E-state index >= 15 is 0 Å². The Morgan fingerprint density at radius 3 is 1.45 bits per heavy atom. The van der Waals surface area contributed by atoms with E-state index in [1.54, 1.807) is 31.2 Å². The second-order valence-electron chi connectivity index (χ2n) is 9.82. The average molecular weight is 595 g/mol. The molecule has 0 fully saturated rings. The third-order valence-corrected chi connectivity index (χ3v) is 9.57. The molecule has 0 amide bonds. The molecule has 6 aromatic rings. The van der Waals surface area contributed by atoms with Crippen LogP contribution in [0.2, 0.25) is 0 Å². The van der Waals surface area contributed by atoms with Gasteiger partial charge in [0.15, 0.2) is 0 Å². The van der Waals surface area contributed by atoms with Crippen molar-refractivity contribution in [2.75, 3.05) is 6.61 Å². The molecule has 210 valence electrons. The molecule has 0 unspecified atom stereocenters. The summed E-state index contributed by atoms with van der Waals surface area (Å²) in [6, 6.07) is 36.6. The highest BCUT2D eigenvalue weighted by molar-refractivity contribution is 7.87. The van der Waals surface area contributed by atoms with Crippen LogP contribution in [0.5, 0.6) is 0 Å². The van der Waals surface area contributed by atoms with E-state index in [1.165, 1.54) is 12.1 Å². The molecule has 6 aromatic carbocycles. The van der Waals surface area contributed by atoms with Gasteiger partial charge in [-0.15, -0.1) is 0 Å². The molecule has 42 heavy (non-hydrogen) atoms. The highest BCUT2D eigenvalue weighted by atomic mass is 32.2. The zero-order chi connectivity index (χ0) is 29.5. The zero-order valence-corrected chi connectivity index (χ0v) is 24.2. The number of hydrogen-bond donors (Lipinski definition) is 1. The van der Waals surface area contributed by atoms with Crippen LogP contribution in [0.4, 0.5) is 0 Å². The first-order chi connectivity index (χ1) is 20.2. The maximum atomic E-state index is 13.5. The van der Waals surface area contributed by atoms with Crippen LogP contribution in [-0.2, 0) is 24.4 Å². The van der Waals surface area contributed by atoms with E-state index in [0.29, 0.717) is 21.5 Å². The van der Waals surface area contributed by atoms with E-state index in [9.17, 15) is 21.4 Å². The summed E-state index contributed by atoms with van der Waals surface area (Å²) in [6.45, 7) is 1.46. The van der Waals surface area contributed by atoms with Gasteiger partial charge in [0, 0.05) is 11.1 Å². The molecule has 0 saturated heterocycles. The molecule has 6 rings (SSSR count). The maximum absolute atomic E-state index is 13.5. The Morgan fingerprint density at radius 1 is 0.548 bits per heavy atom. The van der Waals surface area contributed by atoms with Crippen LogP contribution in [0.15, 0.2) is 131 Å². The van der Waals surface area contributed by atoms with Crippen LogP contribution in [-0.4, -0.2) is 28.0 Å². The van der Waals surface area contributed by atoms with Crippen molar-refractivity contribution in [1.82, 2.24) is 0 Å². The van der Waals surface area contributed by atoms with Crippen molar-refractivity contribution in [2.45, 2.75) is 16.7 Å². The van der Waals surface area contributed by atoms with Crippen LogP contribution in [0, 0.1) is 0 Å². The van der Waals surface area contributed by atoms with Crippen LogP contribution in [0.1, 0.15) is 6.92 Å². The van der Waals surface area contributed by atoms with Gasteiger partial charge in [-0.2, -0.15) is 16.8 Å². The van der Waals surface area contributed by atoms with Gasteiger partial charge in [-0.3, -0.25) is 8.74 Å². The van der Waals surface area contributed by atoms with Crippen molar-refractivity contribution >= 4 is 41.8 Å². The molecule has 0 atom stereocenters. The van der Waals surface area contributed by atoms with Crippen molar-refractivity contribution in [1.29, 1.82) is 0 Å². The fourth-order valence-electron chi connectivity index (χ4n) is 5.40. The molecule has 0 aromatic heterocycles. The van der Waals surface area contributed by atoms with E-state index in [2.05, 4.69) is 0 Å². The Hall–Kier alpha value is -4.34. The van der Waals surface area contributed by atoms with Crippen LogP contribution in [0.3, 0.4) is 0 Å². The van der Waals surface area contributed by atoms with Crippen LogP contribution in [0.25, 0.3) is 54.9 Å². The van der Waals surface area contributed by atoms with Gasteiger partial charge in [-0.05, 0) is 75.0 Å². The van der Waals surface area contributed by atoms with Crippen LogP contribution < -0.4 is 0 Å². The van der Waals surface area contributed by atoms with Crippen LogP contribution >= 0.6 is 0 Å². The van der Waals surface area contributed by atoms with Gasteiger partial charge in [-0.25, -0.2) is 0 Å². The predicted molar refractivity (Wildman–Crippen MR) is 166 cm³/mol. The van der Waals surface area contributed by atoms with E-state index < -0.39 is 25.1 Å². The summed E-state index contributed by atoms with van der Waals surface area (Å²) in [5.41, 5.74) is 4.00. The van der Waals surface area contributed by atoms with Gasteiger partial charge in [0.2, 0.25) is 0 Å². The Morgan fingerprint density at radius 2 is 1.00 bits per heavy atom. The van der Waals surface area contributed by atoms with E-state index in [-0.39, 0.29) is 22.6 Å². The van der Waals surface area contributed by atoms with Gasteiger partial charge in [0.05, 0.1) is 6.61 Å². The topological polar surface area (TPSA) is 97.7 Å². The molecule has 0 aliphatic heterocycles. The SMILES string of the molecule is CCOS(=O)(=O)c1ccc2cc(-c3ccccc3)ccc2c1-c1c(S(=O)(=O)O)ccc2cc(-c3ccccc3)ccc12. The molecule has 0 saturated carbocycles. The summed E-state index contributed by atoms with van der Waals surface area (Å²) in [6.07, 6.45) is 0. The highest BCUT2D eigenvalue weighted by Gasteiger charge is 2.28. The molecule has 1 N–H and O–H groups in total. The summed E-state index contributed by atoms with van der Waals surface area (Å²) < 4.78 is 68.1. The molecule has 0 heterocycles. The molecular formula is C34H26O6S2. The lowest BCUT2D eigenvalue weighted by Crippen LogP contribution is -2.10. The lowest BCUT2D eigenvalue weighted by atomic mass is 9.91. The van der Waals surface area contributed by atoms with Gasteiger partial charge in [0.25, 0.3) is 20.2 Å². The van der Waals surface area contributed by atoms with Crippen molar-refractivity contribution in [3.05, 3.63) is 121 Å². The van der Waals surface area contributed by atoms with E-state index in [4.69, 9.17) is 4.18 Å². The second-order valence-corrected chi connectivity index (χ2v) is 12.8. The minimum atomic E-state index is -4.77. The first-order valence-corrected chi connectivity index (χ1v) is 16.1. The lowest BCUT2D eigenvalue weighted by molar-refractivity contribution is 0.338. The average Bonchev–Trinajstić information content (AvgIpc) is 2.99. The van der Waals surface area contributed by atoms with Crippen molar-refractivity contribution in [2.24, 2.45) is 0 Å². The number of rotatable bonds is 7. The second kappa shape index (κ2) is 10.8. The summed E-state index contributed by atoms with van der Waals surface area (Å²) >= 11 is 0. The fraction of sp³-hybridized carbons (Fsp3) is 0.0588. The highest BCUT2D eigenvalue weighted by Crippen LogP contribution is 2.44. The van der Waals surface area contributed by atoms with Gasteiger partial charge < -0.3 is 0 Å². The molecule has 8 heteroatoms. The minimum Gasteiger partial charge on any atom is -0.282 e. The Bertz CT molecular complexity index is 2180. The summed E-state index contributed by atoms with van der Waals surface area (Å²) in [4.78, 5) is -0.580. The maximum Gasteiger partial charge on any atom is 0.297 e. The largest absolute Gasteiger partial charge is 0.297 e. The van der Waals surface area contributed by atoms with Crippen molar-refractivity contribution in [3.8, 4) is 33.4 Å². The van der Waals surface area contributed by atoms with E-state index in [1.807, 2.05) is 84.9 Å². The van der Waals surface area contributed by atoms with E-state index in [0.717, 1.165) is 22.3 Å². The standard InChI is InChI=1S/C34H26O6S2/c1-2-40-42(38,39)32-20-16-28-22-26(24-11-7-4-8-12-24)14-18-30(28)34(32)33-29-17-13-25(23-9-5-3-6-10-23)21-27(29)15-19-31(33)41(35,36)37/h3-22H,2H2,1H3,(H,35,36,37). The Kier molecular flexibility index (Phi) is 7.16. The number of fused-ring (bicyclic) bond motifs is 2. The normalized spacial score (nSPS) is 12.1. The smallest absolute Gasteiger partial charge is 0.282 e. The zero-order valence-electron chi connectivity index (χ0n) is 22.6. The molecule has 0 aliphatic rings. The monoisotopic (exact) mass is 594 g/mol. The van der Waals surface area contributed by atoms with Gasteiger partial charge >= 0.3 is 0 Å².